The second kappa shape index (κ2) is 6.52. The molecule has 0 atom stereocenters. The Morgan fingerprint density at radius 2 is 1.65 bits per heavy atom. The number of methoxy groups -OCH3 is 1. The number of ketones is 1. The predicted molar refractivity (Wildman–Crippen MR) is 88.9 cm³/mol. The van der Waals surface area contributed by atoms with Gasteiger partial charge in [-0.15, -0.1) is 0 Å². The van der Waals surface area contributed by atoms with E-state index in [0.29, 0.717) is 11.3 Å². The number of aromatic carboxylic acids is 1. The van der Waals surface area contributed by atoms with Crippen molar-refractivity contribution in [1.29, 1.82) is 0 Å². The van der Waals surface area contributed by atoms with Crippen molar-refractivity contribution in [2.45, 2.75) is 6.92 Å². The van der Waals surface area contributed by atoms with Crippen LogP contribution < -0.4 is 9.64 Å². The van der Waals surface area contributed by atoms with Crippen LogP contribution in [0.15, 0.2) is 36.4 Å². The summed E-state index contributed by atoms with van der Waals surface area (Å²) in [4.78, 5) is 26.1. The number of ether oxygens (including phenoxy) is 1. The number of hydrogen-bond acceptors (Lipinski definition) is 4. The van der Waals surface area contributed by atoms with Crippen LogP contribution in [0.25, 0.3) is 0 Å². The monoisotopic (exact) mass is 313 g/mol. The van der Waals surface area contributed by atoms with Gasteiger partial charge < -0.3 is 14.7 Å². The fourth-order valence-electron chi connectivity index (χ4n) is 2.32. The molecule has 0 unspecified atom stereocenters. The van der Waals surface area contributed by atoms with Crippen molar-refractivity contribution < 1.29 is 19.4 Å². The van der Waals surface area contributed by atoms with E-state index in [4.69, 9.17) is 4.74 Å². The predicted octanol–water partition coefficient (Wildman–Crippen LogP) is 3.00. The first kappa shape index (κ1) is 16.5. The molecule has 0 spiro atoms. The molecule has 5 nitrogen and oxygen atoms in total. The third-order valence-corrected chi connectivity index (χ3v) is 3.60. The zero-order valence-electron chi connectivity index (χ0n) is 13.6. The molecule has 0 heterocycles. The number of rotatable bonds is 5. The number of carboxylic acid groups (broad SMARTS) is 1. The smallest absolute Gasteiger partial charge is 0.336 e. The fourth-order valence-corrected chi connectivity index (χ4v) is 2.32. The minimum Gasteiger partial charge on any atom is -0.496 e. The molecule has 2 rings (SSSR count). The van der Waals surface area contributed by atoms with Gasteiger partial charge in [0, 0.05) is 25.3 Å². The van der Waals surface area contributed by atoms with E-state index in [1.807, 2.05) is 21.0 Å². The molecule has 0 radical (unpaired) electrons. The number of anilines is 1. The SMILES string of the molecule is COc1cc(C)ccc1C(=O)c1ccc(N(C)C)cc1C(=O)O. The molecule has 0 fully saturated rings. The molecule has 0 aliphatic rings. The summed E-state index contributed by atoms with van der Waals surface area (Å²) in [7, 11) is 5.11. The van der Waals surface area contributed by atoms with Crippen molar-refractivity contribution in [3.63, 3.8) is 0 Å². The summed E-state index contributed by atoms with van der Waals surface area (Å²) >= 11 is 0. The summed E-state index contributed by atoms with van der Waals surface area (Å²) in [5.74, 6) is -1.07. The van der Waals surface area contributed by atoms with Gasteiger partial charge in [-0.2, -0.15) is 0 Å². The molecule has 0 saturated heterocycles. The molecule has 5 heteroatoms. The number of carbonyl (C=O) groups is 2. The van der Waals surface area contributed by atoms with Gasteiger partial charge in [0.1, 0.15) is 5.75 Å². The van der Waals surface area contributed by atoms with Crippen molar-refractivity contribution in [2.75, 3.05) is 26.1 Å². The minimum atomic E-state index is -1.14. The Balaban J connectivity index is 2.57. The molecule has 0 aliphatic heterocycles. The van der Waals surface area contributed by atoms with Crippen LogP contribution in [0.3, 0.4) is 0 Å². The Bertz CT molecular complexity index is 766. The van der Waals surface area contributed by atoms with Gasteiger partial charge in [0.15, 0.2) is 5.78 Å². The summed E-state index contributed by atoms with van der Waals surface area (Å²) in [6, 6.07) is 9.96. The van der Waals surface area contributed by atoms with E-state index in [2.05, 4.69) is 0 Å². The van der Waals surface area contributed by atoms with Crippen molar-refractivity contribution >= 4 is 17.4 Å². The first-order chi connectivity index (χ1) is 10.8. The number of nitrogens with zero attached hydrogens (tertiary/aromatic N) is 1. The lowest BCUT2D eigenvalue weighted by Crippen LogP contribution is -2.14. The Kier molecular flexibility index (Phi) is 4.69. The van der Waals surface area contributed by atoms with E-state index in [9.17, 15) is 14.7 Å². The number of carboxylic acids is 1. The van der Waals surface area contributed by atoms with Crippen LogP contribution in [0, 0.1) is 6.92 Å². The molecule has 23 heavy (non-hydrogen) atoms. The summed E-state index contributed by atoms with van der Waals surface area (Å²) in [5.41, 5.74) is 2.14. The minimum absolute atomic E-state index is 0.0242. The quantitative estimate of drug-likeness (QED) is 0.860. The lowest BCUT2D eigenvalue weighted by molar-refractivity contribution is 0.0692. The van der Waals surface area contributed by atoms with Gasteiger partial charge in [-0.05, 0) is 42.8 Å². The van der Waals surface area contributed by atoms with Gasteiger partial charge in [-0.3, -0.25) is 4.79 Å². The fraction of sp³-hybridized carbons (Fsp3) is 0.222. The van der Waals surface area contributed by atoms with Crippen LogP contribution in [-0.4, -0.2) is 38.1 Å². The third kappa shape index (κ3) is 3.34. The van der Waals surface area contributed by atoms with Crippen LogP contribution in [0.5, 0.6) is 5.75 Å². The second-order valence-corrected chi connectivity index (χ2v) is 5.46. The van der Waals surface area contributed by atoms with E-state index in [1.54, 1.807) is 35.2 Å². The highest BCUT2D eigenvalue weighted by Gasteiger charge is 2.21. The molecule has 0 saturated carbocycles. The topological polar surface area (TPSA) is 66.8 Å². The summed E-state index contributed by atoms with van der Waals surface area (Å²) < 4.78 is 5.25. The van der Waals surface area contributed by atoms with E-state index < -0.39 is 5.97 Å². The van der Waals surface area contributed by atoms with Gasteiger partial charge in [-0.1, -0.05) is 6.07 Å². The van der Waals surface area contributed by atoms with E-state index in [-0.39, 0.29) is 16.9 Å². The number of carbonyl (C=O) groups excluding carboxylic acids is 1. The number of aryl methyl sites for hydroxylation is 1. The first-order valence-corrected chi connectivity index (χ1v) is 7.09. The van der Waals surface area contributed by atoms with Crippen molar-refractivity contribution in [3.05, 3.63) is 58.7 Å². The van der Waals surface area contributed by atoms with Crippen LogP contribution in [0.4, 0.5) is 5.69 Å². The maximum atomic E-state index is 12.8. The lowest BCUT2D eigenvalue weighted by Gasteiger charge is -2.15. The zero-order chi connectivity index (χ0) is 17.1. The molecule has 0 amide bonds. The van der Waals surface area contributed by atoms with Crippen LogP contribution in [0.1, 0.15) is 31.8 Å². The highest BCUT2D eigenvalue weighted by Crippen LogP contribution is 2.26. The molecule has 0 bridgehead atoms. The van der Waals surface area contributed by atoms with Crippen molar-refractivity contribution in [3.8, 4) is 5.75 Å². The van der Waals surface area contributed by atoms with E-state index in [0.717, 1.165) is 11.3 Å². The Labute approximate surface area is 135 Å². The van der Waals surface area contributed by atoms with Gasteiger partial charge in [0.2, 0.25) is 0 Å². The average molecular weight is 313 g/mol. The normalized spacial score (nSPS) is 10.3. The Morgan fingerprint density at radius 3 is 2.22 bits per heavy atom. The molecule has 1 N–H and O–H groups in total. The van der Waals surface area contributed by atoms with Crippen LogP contribution >= 0.6 is 0 Å². The maximum absolute atomic E-state index is 12.8. The Morgan fingerprint density at radius 1 is 1.00 bits per heavy atom. The third-order valence-electron chi connectivity index (χ3n) is 3.60. The zero-order valence-corrected chi connectivity index (χ0v) is 13.6. The van der Waals surface area contributed by atoms with Gasteiger partial charge in [0.05, 0.1) is 18.2 Å². The highest BCUT2D eigenvalue weighted by atomic mass is 16.5. The molecular weight excluding hydrogens is 294 g/mol. The Hall–Kier alpha value is -2.82. The van der Waals surface area contributed by atoms with E-state index >= 15 is 0 Å². The maximum Gasteiger partial charge on any atom is 0.336 e. The molecule has 120 valence electrons. The van der Waals surface area contributed by atoms with Crippen molar-refractivity contribution in [2.24, 2.45) is 0 Å². The summed E-state index contributed by atoms with van der Waals surface area (Å²) in [6.45, 7) is 1.89. The second-order valence-electron chi connectivity index (χ2n) is 5.46. The molecule has 0 aliphatic carbocycles. The summed E-state index contributed by atoms with van der Waals surface area (Å²) in [5, 5.41) is 9.44. The summed E-state index contributed by atoms with van der Waals surface area (Å²) in [6.07, 6.45) is 0. The van der Waals surface area contributed by atoms with E-state index in [1.165, 1.54) is 13.2 Å². The van der Waals surface area contributed by atoms with Crippen molar-refractivity contribution in [1.82, 2.24) is 0 Å². The highest BCUT2D eigenvalue weighted by molar-refractivity contribution is 6.15. The molecule has 0 aromatic heterocycles. The first-order valence-electron chi connectivity index (χ1n) is 7.09. The molecular formula is C18H19NO4. The lowest BCUT2D eigenvalue weighted by atomic mass is 9.96. The van der Waals surface area contributed by atoms with Crippen LogP contribution in [0.2, 0.25) is 0 Å². The molecule has 2 aromatic rings. The number of hydrogen-bond donors (Lipinski definition) is 1. The standard InChI is InChI=1S/C18H19NO4/c1-11-5-7-14(16(9-11)23-4)17(20)13-8-6-12(19(2)3)10-15(13)18(21)22/h5-10H,1-4H3,(H,21,22). The van der Waals surface area contributed by atoms with Gasteiger partial charge in [0.25, 0.3) is 0 Å². The number of benzene rings is 2. The van der Waals surface area contributed by atoms with Crippen LogP contribution in [-0.2, 0) is 0 Å². The molecule has 2 aromatic carbocycles. The van der Waals surface area contributed by atoms with Gasteiger partial charge in [-0.25, -0.2) is 4.79 Å². The largest absolute Gasteiger partial charge is 0.496 e. The average Bonchev–Trinajstić information content (AvgIpc) is 2.53. The van der Waals surface area contributed by atoms with Gasteiger partial charge >= 0.3 is 5.97 Å².